The van der Waals surface area contributed by atoms with Gasteiger partial charge in [0.05, 0.1) is 18.2 Å². The van der Waals surface area contributed by atoms with Gasteiger partial charge in [0.15, 0.2) is 0 Å². The third-order valence-corrected chi connectivity index (χ3v) is 3.87. The van der Waals surface area contributed by atoms with Crippen molar-refractivity contribution >= 4 is 28.4 Å². The number of hydrogen-bond acceptors (Lipinski definition) is 5. The highest BCUT2D eigenvalue weighted by Gasteiger charge is 2.22. The van der Waals surface area contributed by atoms with E-state index in [1.54, 1.807) is 6.92 Å². The number of carboxylic acid groups (broad SMARTS) is 1. The van der Waals surface area contributed by atoms with E-state index in [1.165, 1.54) is 0 Å². The van der Waals surface area contributed by atoms with Crippen molar-refractivity contribution in [3.05, 3.63) is 11.3 Å². The van der Waals surface area contributed by atoms with Gasteiger partial charge in [-0.25, -0.2) is 4.79 Å². The Labute approximate surface area is 114 Å². The fraction of sp³-hybridized carbons (Fsp3) is 0.583. The molecule has 0 aromatic carbocycles. The first kappa shape index (κ1) is 14.0. The van der Waals surface area contributed by atoms with E-state index in [2.05, 4.69) is 9.69 Å². The Kier molecular flexibility index (Phi) is 4.49. The number of amides is 1. The van der Waals surface area contributed by atoms with E-state index in [0.717, 1.165) is 30.8 Å². The zero-order chi connectivity index (χ0) is 13.8. The lowest BCUT2D eigenvalue weighted by Gasteiger charge is -2.21. The summed E-state index contributed by atoms with van der Waals surface area (Å²) < 4.78 is 9.43. The molecular weight excluding hydrogens is 268 g/mol. The first-order valence-electron chi connectivity index (χ1n) is 6.19. The van der Waals surface area contributed by atoms with E-state index >= 15 is 0 Å². The predicted molar refractivity (Wildman–Crippen MR) is 70.6 cm³/mol. The largest absolute Gasteiger partial charge is 0.478 e. The second-order valence-electron chi connectivity index (χ2n) is 4.52. The number of carbonyl (C=O) groups excluding carboxylic acids is 1. The molecule has 1 aliphatic heterocycles. The lowest BCUT2D eigenvalue weighted by molar-refractivity contribution is -0.119. The molecule has 2 rings (SSSR count). The van der Waals surface area contributed by atoms with Gasteiger partial charge in [0.25, 0.3) is 0 Å². The molecular formula is C12H16N2O4S. The molecule has 6 nitrogen and oxygen atoms in total. The van der Waals surface area contributed by atoms with Gasteiger partial charge >= 0.3 is 5.97 Å². The summed E-state index contributed by atoms with van der Waals surface area (Å²) in [6.45, 7) is 2.30. The van der Waals surface area contributed by atoms with Crippen molar-refractivity contribution in [2.75, 3.05) is 11.9 Å². The summed E-state index contributed by atoms with van der Waals surface area (Å²) in [5.41, 5.74) is 0.490. The van der Waals surface area contributed by atoms with Gasteiger partial charge in [-0.2, -0.15) is 4.37 Å². The van der Waals surface area contributed by atoms with Crippen molar-refractivity contribution in [3.63, 3.8) is 0 Å². The number of carbonyl (C=O) groups is 2. The average molecular weight is 284 g/mol. The van der Waals surface area contributed by atoms with Crippen LogP contribution in [0.25, 0.3) is 0 Å². The number of anilines is 1. The molecule has 1 aromatic heterocycles. The smallest absolute Gasteiger partial charge is 0.340 e. The van der Waals surface area contributed by atoms with Crippen molar-refractivity contribution < 1.29 is 19.4 Å². The van der Waals surface area contributed by atoms with Crippen molar-refractivity contribution in [2.24, 2.45) is 0 Å². The minimum Gasteiger partial charge on any atom is -0.478 e. The lowest BCUT2D eigenvalue weighted by Crippen LogP contribution is -2.25. The van der Waals surface area contributed by atoms with Crippen LogP contribution in [0, 0.1) is 6.92 Å². The van der Waals surface area contributed by atoms with E-state index < -0.39 is 5.97 Å². The van der Waals surface area contributed by atoms with Gasteiger partial charge in [-0.1, -0.05) is 0 Å². The summed E-state index contributed by atoms with van der Waals surface area (Å²) in [6, 6.07) is 0. The number of nitrogens with one attached hydrogen (secondary N) is 1. The summed E-state index contributed by atoms with van der Waals surface area (Å²) in [4.78, 5) is 22.9. The molecule has 1 atom stereocenters. The summed E-state index contributed by atoms with van der Waals surface area (Å²) >= 11 is 0.991. The zero-order valence-corrected chi connectivity index (χ0v) is 11.5. The average Bonchev–Trinajstić information content (AvgIpc) is 2.71. The van der Waals surface area contributed by atoms with Crippen LogP contribution in [0.1, 0.15) is 41.7 Å². The minimum atomic E-state index is -1.07. The molecule has 0 radical (unpaired) electrons. The van der Waals surface area contributed by atoms with Crippen LogP contribution in [0.3, 0.4) is 0 Å². The van der Waals surface area contributed by atoms with Crippen LogP contribution >= 0.6 is 11.5 Å². The molecule has 7 heteroatoms. The standard InChI is InChI=1S/C12H16N2O4S/c1-7-10(12(16)17)11(19-14-7)13-9(15)6-8-4-2-3-5-18-8/h8H,2-6H2,1H3,(H,13,15)(H,16,17). The van der Waals surface area contributed by atoms with Crippen LogP contribution < -0.4 is 5.32 Å². The van der Waals surface area contributed by atoms with Crippen LogP contribution in [0.5, 0.6) is 0 Å². The normalized spacial score (nSPS) is 19.1. The number of hydrogen-bond donors (Lipinski definition) is 2. The minimum absolute atomic E-state index is 0.0592. The maximum absolute atomic E-state index is 11.9. The quantitative estimate of drug-likeness (QED) is 0.883. The van der Waals surface area contributed by atoms with Gasteiger partial charge in [-0.05, 0) is 37.7 Å². The zero-order valence-electron chi connectivity index (χ0n) is 10.6. The van der Waals surface area contributed by atoms with E-state index in [4.69, 9.17) is 9.84 Å². The summed E-state index contributed by atoms with van der Waals surface area (Å²) in [5, 5.41) is 12.0. The summed E-state index contributed by atoms with van der Waals surface area (Å²) in [5.74, 6) is -1.30. The second kappa shape index (κ2) is 6.12. The van der Waals surface area contributed by atoms with Gasteiger partial charge in [-0.3, -0.25) is 4.79 Å². The van der Waals surface area contributed by atoms with Crippen molar-refractivity contribution in [1.82, 2.24) is 4.37 Å². The molecule has 1 unspecified atom stereocenters. The molecule has 1 saturated heterocycles. The fourth-order valence-electron chi connectivity index (χ4n) is 2.06. The monoisotopic (exact) mass is 284 g/mol. The Morgan fingerprint density at radius 1 is 1.53 bits per heavy atom. The first-order valence-corrected chi connectivity index (χ1v) is 6.96. The Morgan fingerprint density at radius 2 is 2.32 bits per heavy atom. The first-order chi connectivity index (χ1) is 9.08. The molecule has 104 valence electrons. The molecule has 0 aliphatic carbocycles. The molecule has 0 bridgehead atoms. The predicted octanol–water partition coefficient (Wildman–Crippen LogP) is 2.05. The van der Waals surface area contributed by atoms with E-state index in [0.29, 0.717) is 17.3 Å². The number of nitrogens with zero attached hydrogens (tertiary/aromatic N) is 1. The Balaban J connectivity index is 1.96. The van der Waals surface area contributed by atoms with Crippen molar-refractivity contribution in [2.45, 2.75) is 38.7 Å². The third kappa shape index (κ3) is 3.51. The highest BCUT2D eigenvalue weighted by atomic mass is 32.1. The van der Waals surface area contributed by atoms with Crippen LogP contribution in [-0.4, -0.2) is 34.1 Å². The number of aryl methyl sites for hydroxylation is 1. The van der Waals surface area contributed by atoms with E-state index in [-0.39, 0.29) is 24.0 Å². The lowest BCUT2D eigenvalue weighted by atomic mass is 10.1. The molecule has 1 aliphatic rings. The Bertz CT molecular complexity index is 480. The molecule has 19 heavy (non-hydrogen) atoms. The second-order valence-corrected chi connectivity index (χ2v) is 5.29. The van der Waals surface area contributed by atoms with Gasteiger partial charge in [0, 0.05) is 6.61 Å². The third-order valence-electron chi connectivity index (χ3n) is 3.02. The maximum atomic E-state index is 11.9. The summed E-state index contributed by atoms with van der Waals surface area (Å²) in [7, 11) is 0. The van der Waals surface area contributed by atoms with E-state index in [1.807, 2.05) is 0 Å². The molecule has 2 N–H and O–H groups in total. The van der Waals surface area contributed by atoms with Crippen LogP contribution in [0.4, 0.5) is 5.00 Å². The van der Waals surface area contributed by atoms with Crippen molar-refractivity contribution in [3.8, 4) is 0 Å². The molecule has 2 heterocycles. The summed E-state index contributed by atoms with van der Waals surface area (Å²) in [6.07, 6.45) is 3.18. The molecule has 1 amide bonds. The maximum Gasteiger partial charge on any atom is 0.340 e. The number of aromatic carboxylic acids is 1. The van der Waals surface area contributed by atoms with Crippen molar-refractivity contribution in [1.29, 1.82) is 0 Å². The van der Waals surface area contributed by atoms with Gasteiger partial charge in [-0.15, -0.1) is 0 Å². The SMILES string of the molecule is Cc1nsc(NC(=O)CC2CCCCO2)c1C(=O)O. The number of rotatable bonds is 4. The van der Waals surface area contributed by atoms with E-state index in [9.17, 15) is 9.59 Å². The van der Waals surface area contributed by atoms with Crippen LogP contribution in [0.2, 0.25) is 0 Å². The van der Waals surface area contributed by atoms with Crippen LogP contribution in [0.15, 0.2) is 0 Å². The number of aromatic nitrogens is 1. The highest BCUT2D eigenvalue weighted by Crippen LogP contribution is 2.25. The Hall–Kier alpha value is -1.47. The fourth-order valence-corrected chi connectivity index (χ4v) is 2.87. The number of carboxylic acids is 1. The van der Waals surface area contributed by atoms with Gasteiger partial charge in [0.1, 0.15) is 10.6 Å². The Morgan fingerprint density at radius 3 is 2.95 bits per heavy atom. The van der Waals surface area contributed by atoms with Gasteiger partial charge in [0.2, 0.25) is 5.91 Å². The molecule has 0 spiro atoms. The molecule has 1 fully saturated rings. The molecule has 1 aromatic rings. The van der Waals surface area contributed by atoms with Gasteiger partial charge < -0.3 is 15.2 Å². The topological polar surface area (TPSA) is 88.5 Å². The molecule has 0 saturated carbocycles. The van der Waals surface area contributed by atoms with Crippen LogP contribution in [-0.2, 0) is 9.53 Å². The number of ether oxygens (including phenoxy) is 1. The highest BCUT2D eigenvalue weighted by molar-refractivity contribution is 7.11.